The first-order valence-electron chi connectivity index (χ1n) is 7.55. The molecule has 26 heavy (non-hydrogen) atoms. The van der Waals surface area contributed by atoms with E-state index in [-0.39, 0.29) is 16.9 Å². The molecule has 1 heterocycles. The highest BCUT2D eigenvalue weighted by atomic mass is 32.2. The molecule has 0 saturated heterocycles. The molecular weight excluding hydrogens is 360 g/mol. The van der Waals surface area contributed by atoms with Gasteiger partial charge in [-0.25, -0.2) is 17.2 Å². The van der Waals surface area contributed by atoms with Crippen molar-refractivity contribution in [1.29, 1.82) is 5.26 Å². The molecule has 0 amide bonds. The minimum absolute atomic E-state index is 0.0906. The van der Waals surface area contributed by atoms with E-state index in [1.54, 1.807) is 37.4 Å². The maximum absolute atomic E-state index is 14.2. The fourth-order valence-electron chi connectivity index (χ4n) is 2.61. The predicted molar refractivity (Wildman–Crippen MR) is 93.0 cm³/mol. The summed E-state index contributed by atoms with van der Waals surface area (Å²) in [6.45, 7) is 1.79. The first-order valence-corrected chi connectivity index (χ1v) is 9.04. The number of hydrogen-bond acceptors (Lipinski definition) is 4. The van der Waals surface area contributed by atoms with E-state index in [1.165, 1.54) is 6.07 Å². The molecule has 0 spiro atoms. The third kappa shape index (κ3) is 3.21. The molecule has 0 radical (unpaired) electrons. The van der Waals surface area contributed by atoms with Crippen molar-refractivity contribution in [2.75, 3.05) is 4.72 Å². The average molecular weight is 373 g/mol. The number of aryl methyl sites for hydroxylation is 1. The van der Waals surface area contributed by atoms with Crippen LogP contribution >= 0.6 is 0 Å². The molecule has 132 valence electrons. The summed E-state index contributed by atoms with van der Waals surface area (Å²) in [5.74, 6) is -1.82. The second-order valence-corrected chi connectivity index (χ2v) is 7.29. The van der Waals surface area contributed by atoms with Crippen LogP contribution < -0.4 is 4.72 Å². The number of aromatic nitrogens is 1. The van der Waals surface area contributed by atoms with Gasteiger partial charge in [0.1, 0.15) is 11.6 Å². The quantitative estimate of drug-likeness (QED) is 0.756. The number of hydrogen-bond donors (Lipinski definition) is 1. The summed E-state index contributed by atoms with van der Waals surface area (Å²) in [5, 5.41) is 8.98. The molecule has 1 N–H and O–H groups in total. The Balaban J connectivity index is 2.08. The molecule has 0 aliphatic rings. The number of rotatable bonds is 4. The number of benzene rings is 2. The first kappa shape index (κ1) is 17.8. The lowest BCUT2D eigenvalue weighted by Gasteiger charge is -2.13. The Morgan fingerprint density at radius 2 is 1.96 bits per heavy atom. The molecule has 0 bridgehead atoms. The third-order valence-corrected chi connectivity index (χ3v) is 5.29. The Kier molecular flexibility index (Phi) is 4.57. The molecule has 5 nitrogen and oxygen atoms in total. The van der Waals surface area contributed by atoms with Gasteiger partial charge in [0.25, 0.3) is 10.0 Å². The SMILES string of the molecule is Cc1ccc(S(=O)(=O)Nc2cc(F)c(CC#N)cc2F)c2cccnc12. The molecule has 0 saturated carbocycles. The van der Waals surface area contributed by atoms with E-state index in [4.69, 9.17) is 5.26 Å². The van der Waals surface area contributed by atoms with E-state index in [0.29, 0.717) is 10.9 Å². The molecular formula is C18H13F2N3O2S. The van der Waals surface area contributed by atoms with Crippen LogP contribution in [-0.2, 0) is 16.4 Å². The van der Waals surface area contributed by atoms with E-state index in [0.717, 1.165) is 17.7 Å². The van der Waals surface area contributed by atoms with Crippen LogP contribution in [0.1, 0.15) is 11.1 Å². The van der Waals surface area contributed by atoms with Gasteiger partial charge >= 0.3 is 0 Å². The van der Waals surface area contributed by atoms with E-state index < -0.39 is 27.3 Å². The van der Waals surface area contributed by atoms with Crippen molar-refractivity contribution < 1.29 is 17.2 Å². The molecule has 0 unspecified atom stereocenters. The fourth-order valence-corrected chi connectivity index (χ4v) is 3.87. The van der Waals surface area contributed by atoms with Crippen LogP contribution in [0.5, 0.6) is 0 Å². The van der Waals surface area contributed by atoms with Crippen LogP contribution in [0.15, 0.2) is 47.5 Å². The summed E-state index contributed by atoms with van der Waals surface area (Å²) in [6, 6.07) is 9.43. The largest absolute Gasteiger partial charge is 0.277 e. The number of fused-ring (bicyclic) bond motifs is 1. The number of halogens is 2. The standard InChI is InChI=1S/C18H13F2N3O2S/c1-11-4-5-17(13-3-2-8-22-18(11)13)26(24,25)23-16-10-14(19)12(6-7-21)9-15(16)20/h2-5,8-10,23H,6H2,1H3. The van der Waals surface area contributed by atoms with Gasteiger partial charge in [-0.2, -0.15) is 5.26 Å². The van der Waals surface area contributed by atoms with Gasteiger partial charge < -0.3 is 0 Å². The fraction of sp³-hybridized carbons (Fsp3) is 0.111. The van der Waals surface area contributed by atoms with Crippen molar-refractivity contribution >= 4 is 26.6 Å². The lowest BCUT2D eigenvalue weighted by atomic mass is 10.1. The van der Waals surface area contributed by atoms with Crippen LogP contribution in [0.25, 0.3) is 10.9 Å². The number of nitrogens with zero attached hydrogens (tertiary/aromatic N) is 2. The summed E-state index contributed by atoms with van der Waals surface area (Å²) < 4.78 is 55.6. The number of nitrogens with one attached hydrogen (secondary N) is 1. The summed E-state index contributed by atoms with van der Waals surface area (Å²) >= 11 is 0. The molecule has 1 aromatic heterocycles. The van der Waals surface area contributed by atoms with Crippen molar-refractivity contribution in [3.05, 3.63) is 65.4 Å². The third-order valence-electron chi connectivity index (χ3n) is 3.87. The monoisotopic (exact) mass is 373 g/mol. The summed E-state index contributed by atoms with van der Waals surface area (Å²) in [4.78, 5) is 4.08. The Hall–Kier alpha value is -3.05. The van der Waals surface area contributed by atoms with Crippen molar-refractivity contribution in [2.24, 2.45) is 0 Å². The topological polar surface area (TPSA) is 82.9 Å². The molecule has 0 fully saturated rings. The normalized spacial score (nSPS) is 11.3. The highest BCUT2D eigenvalue weighted by molar-refractivity contribution is 7.93. The van der Waals surface area contributed by atoms with Gasteiger partial charge in [0.05, 0.1) is 28.6 Å². The van der Waals surface area contributed by atoms with Crippen molar-refractivity contribution in [2.45, 2.75) is 18.2 Å². The Morgan fingerprint density at radius 1 is 1.19 bits per heavy atom. The number of nitriles is 1. The maximum atomic E-state index is 14.2. The van der Waals surface area contributed by atoms with Crippen LogP contribution in [0.3, 0.4) is 0 Å². The van der Waals surface area contributed by atoms with Gasteiger partial charge in [0.2, 0.25) is 0 Å². The van der Waals surface area contributed by atoms with Gasteiger partial charge in [0.15, 0.2) is 0 Å². The lowest BCUT2D eigenvalue weighted by molar-refractivity contribution is 0.589. The average Bonchev–Trinajstić information content (AvgIpc) is 2.59. The van der Waals surface area contributed by atoms with Crippen molar-refractivity contribution in [1.82, 2.24) is 4.98 Å². The van der Waals surface area contributed by atoms with Gasteiger partial charge in [-0.05, 0) is 36.8 Å². The molecule has 0 aliphatic carbocycles. The summed E-state index contributed by atoms with van der Waals surface area (Å²) in [6.07, 6.45) is 1.23. The molecule has 3 aromatic rings. The van der Waals surface area contributed by atoms with Gasteiger partial charge in [-0.15, -0.1) is 0 Å². The van der Waals surface area contributed by atoms with Crippen LogP contribution in [0.4, 0.5) is 14.5 Å². The molecule has 0 atom stereocenters. The Morgan fingerprint density at radius 3 is 2.69 bits per heavy atom. The van der Waals surface area contributed by atoms with Crippen LogP contribution in [-0.4, -0.2) is 13.4 Å². The number of sulfonamides is 1. The number of anilines is 1. The van der Waals surface area contributed by atoms with Crippen LogP contribution in [0.2, 0.25) is 0 Å². The minimum Gasteiger partial charge on any atom is -0.277 e. The lowest BCUT2D eigenvalue weighted by Crippen LogP contribution is -2.15. The van der Waals surface area contributed by atoms with E-state index in [9.17, 15) is 17.2 Å². The second kappa shape index (κ2) is 6.69. The molecule has 3 rings (SSSR count). The molecule has 0 aliphatic heterocycles. The summed E-state index contributed by atoms with van der Waals surface area (Å²) in [7, 11) is -4.18. The Bertz CT molecular complexity index is 1160. The zero-order chi connectivity index (χ0) is 18.9. The van der Waals surface area contributed by atoms with Gasteiger partial charge in [-0.3, -0.25) is 9.71 Å². The predicted octanol–water partition coefficient (Wildman–Crippen LogP) is 3.69. The van der Waals surface area contributed by atoms with Gasteiger partial charge in [0, 0.05) is 23.2 Å². The second-order valence-electron chi connectivity index (χ2n) is 5.64. The summed E-state index contributed by atoms with van der Waals surface area (Å²) in [5.41, 5.74) is 0.628. The smallest absolute Gasteiger partial charge is 0.262 e. The van der Waals surface area contributed by atoms with E-state index >= 15 is 0 Å². The van der Waals surface area contributed by atoms with Gasteiger partial charge in [-0.1, -0.05) is 6.07 Å². The highest BCUT2D eigenvalue weighted by Crippen LogP contribution is 2.28. The molecule has 2 aromatic carbocycles. The van der Waals surface area contributed by atoms with Crippen molar-refractivity contribution in [3.8, 4) is 6.07 Å². The van der Waals surface area contributed by atoms with Crippen molar-refractivity contribution in [3.63, 3.8) is 0 Å². The molecule has 8 heteroatoms. The Labute approximate surface area is 149 Å². The van der Waals surface area contributed by atoms with Crippen LogP contribution in [0, 0.1) is 29.9 Å². The maximum Gasteiger partial charge on any atom is 0.262 e. The zero-order valence-electron chi connectivity index (χ0n) is 13.6. The number of pyridine rings is 1. The highest BCUT2D eigenvalue weighted by Gasteiger charge is 2.21. The zero-order valence-corrected chi connectivity index (χ0v) is 14.4. The van der Waals surface area contributed by atoms with E-state index in [2.05, 4.69) is 9.71 Å². The minimum atomic E-state index is -4.18. The van der Waals surface area contributed by atoms with E-state index in [1.807, 2.05) is 0 Å². The first-order chi connectivity index (χ1) is 12.3.